The van der Waals surface area contributed by atoms with Gasteiger partial charge in [-0.25, -0.2) is 4.79 Å². The molecule has 0 saturated heterocycles. The number of carbonyl (C=O) groups excluding carboxylic acids is 4. The number of nitrogens with one attached hydrogen (secondary N) is 1. The number of esters is 3. The summed E-state index contributed by atoms with van der Waals surface area (Å²) in [7, 11) is 0. The second-order valence-electron chi connectivity index (χ2n) is 7.73. The smallest absolute Gasteiger partial charge is 0.335 e. The molecule has 1 unspecified atom stereocenters. The molecule has 0 aromatic heterocycles. The molecule has 0 heterocycles. The zero-order valence-electron chi connectivity index (χ0n) is 18.4. The summed E-state index contributed by atoms with van der Waals surface area (Å²) in [5.74, 6) is -2.73. The number of hydrogen-bond donors (Lipinski definition) is 1. The van der Waals surface area contributed by atoms with Crippen molar-refractivity contribution in [2.75, 3.05) is 6.54 Å². The number of nitrogens with zero attached hydrogens (tertiary/aromatic N) is 1. The largest absolute Gasteiger partial charge is 0.458 e. The summed E-state index contributed by atoms with van der Waals surface area (Å²) in [5.41, 5.74) is -0.691. The van der Waals surface area contributed by atoms with Crippen molar-refractivity contribution in [1.29, 1.82) is 0 Å². The van der Waals surface area contributed by atoms with E-state index < -0.39 is 35.5 Å². The van der Waals surface area contributed by atoms with E-state index >= 15 is 0 Å². The van der Waals surface area contributed by atoms with E-state index in [4.69, 9.17) is 14.2 Å². The first-order chi connectivity index (χ1) is 14.4. The van der Waals surface area contributed by atoms with Crippen molar-refractivity contribution in [1.82, 2.24) is 5.32 Å². The molecule has 31 heavy (non-hydrogen) atoms. The van der Waals surface area contributed by atoms with Crippen LogP contribution in [0.2, 0.25) is 0 Å². The first-order valence-corrected chi connectivity index (χ1v) is 9.78. The fourth-order valence-electron chi connectivity index (χ4n) is 2.52. The maximum absolute atomic E-state index is 12.5. The monoisotopic (exact) mass is 436 g/mol. The van der Waals surface area contributed by atoms with E-state index in [1.54, 1.807) is 20.8 Å². The van der Waals surface area contributed by atoms with Gasteiger partial charge in [-0.1, -0.05) is 11.2 Å². The number of benzene rings is 1. The maximum atomic E-state index is 12.5. The highest BCUT2D eigenvalue weighted by atomic mass is 16.6. The van der Waals surface area contributed by atoms with E-state index in [1.165, 1.54) is 25.1 Å². The molecule has 170 valence electrons. The molecule has 0 aliphatic carbocycles. The van der Waals surface area contributed by atoms with Crippen LogP contribution in [-0.2, 0) is 19.1 Å². The first-order valence-electron chi connectivity index (χ1n) is 9.78. The van der Waals surface area contributed by atoms with Crippen LogP contribution in [0.15, 0.2) is 23.4 Å². The van der Waals surface area contributed by atoms with Crippen molar-refractivity contribution in [3.8, 4) is 11.5 Å². The van der Waals surface area contributed by atoms with Crippen LogP contribution in [0.5, 0.6) is 11.5 Å². The number of rotatable bonds is 10. The number of unbranched alkanes of at least 4 members (excludes halogenated alkanes) is 1. The maximum Gasteiger partial charge on any atom is 0.335 e. The number of amides is 1. The standard InChI is InChI=1S/C21H28N2O8/c1-13(24)29-17-11-8-9-15(18(17)30-14(2)25)19(26)22-12-7-6-10-16(23-28)20(27)31-21(3,4)5/h8-9,11,16H,6-7,10,12H2,1-5H3,(H,22,26). The van der Waals surface area contributed by atoms with Gasteiger partial charge in [0.1, 0.15) is 5.60 Å². The van der Waals surface area contributed by atoms with Gasteiger partial charge in [0, 0.05) is 20.4 Å². The Balaban J connectivity index is 2.66. The molecule has 0 aliphatic rings. The van der Waals surface area contributed by atoms with E-state index in [-0.39, 0.29) is 30.0 Å². The summed E-state index contributed by atoms with van der Waals surface area (Å²) < 4.78 is 15.2. The fraction of sp³-hybridized carbons (Fsp3) is 0.524. The predicted molar refractivity (Wildman–Crippen MR) is 111 cm³/mol. The average molecular weight is 436 g/mol. The number of carbonyl (C=O) groups is 4. The summed E-state index contributed by atoms with van der Waals surface area (Å²) >= 11 is 0. The van der Waals surface area contributed by atoms with Gasteiger partial charge in [0.15, 0.2) is 17.5 Å². The highest BCUT2D eigenvalue weighted by Gasteiger charge is 2.25. The Kier molecular flexibility index (Phi) is 9.78. The zero-order valence-corrected chi connectivity index (χ0v) is 18.4. The molecule has 1 aromatic rings. The molecule has 1 atom stereocenters. The lowest BCUT2D eigenvalue weighted by atomic mass is 10.1. The van der Waals surface area contributed by atoms with E-state index in [0.29, 0.717) is 12.8 Å². The van der Waals surface area contributed by atoms with E-state index in [0.717, 1.165) is 6.92 Å². The van der Waals surface area contributed by atoms with Crippen molar-refractivity contribution in [3.05, 3.63) is 28.7 Å². The number of nitroso groups, excluding NO2 is 1. The molecule has 10 heteroatoms. The van der Waals surface area contributed by atoms with E-state index in [9.17, 15) is 24.1 Å². The van der Waals surface area contributed by atoms with Crippen molar-refractivity contribution < 1.29 is 33.4 Å². The predicted octanol–water partition coefficient (Wildman–Crippen LogP) is 2.91. The van der Waals surface area contributed by atoms with Crippen LogP contribution in [0.3, 0.4) is 0 Å². The minimum absolute atomic E-state index is 0.0233. The second kappa shape index (κ2) is 11.8. The van der Waals surface area contributed by atoms with E-state index in [2.05, 4.69) is 10.5 Å². The molecule has 0 saturated carbocycles. The van der Waals surface area contributed by atoms with Gasteiger partial charge < -0.3 is 19.5 Å². The number of hydrogen-bond acceptors (Lipinski definition) is 9. The van der Waals surface area contributed by atoms with E-state index in [1.807, 2.05) is 0 Å². The Morgan fingerprint density at radius 2 is 1.68 bits per heavy atom. The van der Waals surface area contributed by atoms with Crippen LogP contribution in [0.1, 0.15) is 64.2 Å². The fourth-order valence-corrected chi connectivity index (χ4v) is 2.52. The average Bonchev–Trinajstić information content (AvgIpc) is 2.63. The van der Waals surface area contributed by atoms with Gasteiger partial charge in [-0.05, 0) is 52.2 Å². The van der Waals surface area contributed by atoms with Crippen LogP contribution in [0.25, 0.3) is 0 Å². The highest BCUT2D eigenvalue weighted by Crippen LogP contribution is 2.31. The molecule has 1 N–H and O–H groups in total. The first kappa shape index (κ1) is 25.7. The third kappa shape index (κ3) is 9.37. The molecule has 0 radical (unpaired) electrons. The molecule has 0 fully saturated rings. The van der Waals surface area contributed by atoms with Crippen molar-refractivity contribution >= 4 is 23.8 Å². The summed E-state index contributed by atoms with van der Waals surface area (Å²) in [4.78, 5) is 58.0. The molecular weight excluding hydrogens is 408 g/mol. The summed E-state index contributed by atoms with van der Waals surface area (Å²) in [5, 5.41) is 5.48. The normalized spacial score (nSPS) is 11.8. The number of para-hydroxylation sites is 1. The minimum Gasteiger partial charge on any atom is -0.458 e. The van der Waals surface area contributed by atoms with Gasteiger partial charge in [0.2, 0.25) is 0 Å². The van der Waals surface area contributed by atoms with Gasteiger partial charge >= 0.3 is 17.9 Å². The van der Waals surface area contributed by atoms with Crippen LogP contribution in [0.4, 0.5) is 0 Å². The third-order valence-electron chi connectivity index (χ3n) is 3.72. The molecule has 0 spiro atoms. The summed E-state index contributed by atoms with van der Waals surface area (Å²) in [6.07, 6.45) is 1.10. The van der Waals surface area contributed by atoms with Gasteiger partial charge in [0.25, 0.3) is 5.91 Å². The van der Waals surface area contributed by atoms with Crippen molar-refractivity contribution in [2.24, 2.45) is 5.18 Å². The Labute approximate surface area is 180 Å². The molecule has 10 nitrogen and oxygen atoms in total. The number of ether oxygens (including phenoxy) is 3. The van der Waals surface area contributed by atoms with Crippen molar-refractivity contribution in [2.45, 2.75) is 65.5 Å². The molecule has 1 aromatic carbocycles. The summed E-state index contributed by atoms with van der Waals surface area (Å²) in [6.45, 7) is 7.67. The van der Waals surface area contributed by atoms with Gasteiger partial charge in [-0.2, -0.15) is 0 Å². The third-order valence-corrected chi connectivity index (χ3v) is 3.72. The van der Waals surface area contributed by atoms with Gasteiger partial charge in [-0.15, -0.1) is 4.91 Å². The molecule has 0 aliphatic heterocycles. The Morgan fingerprint density at radius 3 is 2.23 bits per heavy atom. The zero-order chi connectivity index (χ0) is 23.6. The topological polar surface area (TPSA) is 137 Å². The van der Waals surface area contributed by atoms with Crippen LogP contribution >= 0.6 is 0 Å². The minimum atomic E-state index is -1.11. The Hall–Kier alpha value is -3.30. The summed E-state index contributed by atoms with van der Waals surface area (Å²) in [6, 6.07) is 3.21. The lowest BCUT2D eigenvalue weighted by Crippen LogP contribution is -2.31. The Bertz CT molecular complexity index is 829. The second-order valence-corrected chi connectivity index (χ2v) is 7.73. The lowest BCUT2D eigenvalue weighted by molar-refractivity contribution is -0.156. The van der Waals surface area contributed by atoms with Gasteiger partial charge in [-0.3, -0.25) is 14.4 Å². The molecule has 1 rings (SSSR count). The van der Waals surface area contributed by atoms with Crippen LogP contribution in [-0.4, -0.2) is 42.0 Å². The van der Waals surface area contributed by atoms with Gasteiger partial charge in [0.05, 0.1) is 5.56 Å². The molecule has 0 bridgehead atoms. The SMILES string of the molecule is CC(=O)Oc1cccc(C(=O)NCCCCC(N=O)C(=O)OC(C)(C)C)c1OC(C)=O. The molecule has 1 amide bonds. The van der Waals surface area contributed by atoms with Crippen molar-refractivity contribution in [3.63, 3.8) is 0 Å². The Morgan fingerprint density at radius 1 is 1.03 bits per heavy atom. The lowest BCUT2D eigenvalue weighted by Gasteiger charge is -2.21. The highest BCUT2D eigenvalue weighted by molar-refractivity contribution is 5.98. The molecular formula is C21H28N2O8. The van der Waals surface area contributed by atoms with Crippen LogP contribution < -0.4 is 14.8 Å². The van der Waals surface area contributed by atoms with Crippen LogP contribution in [0, 0.1) is 4.91 Å². The quantitative estimate of drug-likeness (QED) is 0.256.